The number of nitrogens with two attached hydrogens (primary N) is 1. The van der Waals surface area contributed by atoms with Crippen LogP contribution in [-0.4, -0.2) is 29.4 Å². The standard InChI is InChI=1S/C11H13N3O2S.CH2O2/c1-11(4-5-11)10-9-3-2-8(17(12,15)16)6-14(9)7-13-10;2-1-3/h2-3,6-7H,4-5H2,1H3,(H2,12,15,16);1H,(H,2,3). The van der Waals surface area contributed by atoms with Crippen molar-refractivity contribution in [3.05, 3.63) is 30.4 Å². The van der Waals surface area contributed by atoms with E-state index >= 15 is 0 Å². The van der Waals surface area contributed by atoms with Gasteiger partial charge in [0.15, 0.2) is 0 Å². The normalized spacial score (nSPS) is 16.3. The van der Waals surface area contributed by atoms with Crippen molar-refractivity contribution in [2.24, 2.45) is 5.14 Å². The summed E-state index contributed by atoms with van der Waals surface area (Å²) in [6.45, 7) is 1.92. The van der Waals surface area contributed by atoms with Crippen LogP contribution in [0.3, 0.4) is 0 Å². The number of hydrogen-bond acceptors (Lipinski definition) is 4. The second kappa shape index (κ2) is 4.88. The molecular formula is C12H15N3O4S. The largest absolute Gasteiger partial charge is 0.483 e. The molecule has 0 amide bonds. The lowest BCUT2D eigenvalue weighted by molar-refractivity contribution is -0.122. The first-order chi connectivity index (χ1) is 9.31. The first kappa shape index (κ1) is 14.5. The maximum atomic E-state index is 11.2. The number of sulfonamides is 1. The predicted molar refractivity (Wildman–Crippen MR) is 71.8 cm³/mol. The van der Waals surface area contributed by atoms with Gasteiger partial charge >= 0.3 is 0 Å². The van der Waals surface area contributed by atoms with Gasteiger partial charge in [0, 0.05) is 11.6 Å². The second-order valence-corrected chi connectivity index (χ2v) is 6.52. The highest BCUT2D eigenvalue weighted by molar-refractivity contribution is 7.89. The van der Waals surface area contributed by atoms with Crippen molar-refractivity contribution in [2.45, 2.75) is 30.1 Å². The van der Waals surface area contributed by atoms with Crippen LogP contribution in [0, 0.1) is 0 Å². The Balaban J connectivity index is 0.000000452. The zero-order valence-corrected chi connectivity index (χ0v) is 11.7. The van der Waals surface area contributed by atoms with Crippen molar-refractivity contribution in [3.63, 3.8) is 0 Å². The topological polar surface area (TPSA) is 115 Å². The summed E-state index contributed by atoms with van der Waals surface area (Å²) in [5.74, 6) is 0. The Labute approximate surface area is 116 Å². The van der Waals surface area contributed by atoms with Gasteiger partial charge in [0.2, 0.25) is 10.0 Å². The van der Waals surface area contributed by atoms with Crippen LogP contribution < -0.4 is 5.14 Å². The number of fused-ring (bicyclic) bond motifs is 1. The molecule has 0 spiro atoms. The van der Waals surface area contributed by atoms with Crippen molar-refractivity contribution in [1.29, 1.82) is 0 Å². The Morgan fingerprint density at radius 1 is 1.45 bits per heavy atom. The van der Waals surface area contributed by atoms with E-state index < -0.39 is 10.0 Å². The van der Waals surface area contributed by atoms with Crippen LogP contribution >= 0.6 is 0 Å². The van der Waals surface area contributed by atoms with Gasteiger partial charge in [-0.2, -0.15) is 0 Å². The van der Waals surface area contributed by atoms with E-state index in [9.17, 15) is 8.42 Å². The van der Waals surface area contributed by atoms with Crippen molar-refractivity contribution in [3.8, 4) is 0 Å². The number of carboxylic acid groups (broad SMARTS) is 1. The van der Waals surface area contributed by atoms with Crippen LogP contribution in [0.2, 0.25) is 0 Å². The SMILES string of the molecule is CC1(c2ncn3cc(S(N)(=O)=O)ccc23)CC1.O=CO. The average molecular weight is 297 g/mol. The Morgan fingerprint density at radius 2 is 2.05 bits per heavy atom. The van der Waals surface area contributed by atoms with Crippen LogP contribution in [-0.2, 0) is 20.2 Å². The monoisotopic (exact) mass is 297 g/mol. The van der Waals surface area contributed by atoms with Gasteiger partial charge in [0.1, 0.15) is 0 Å². The Hall–Kier alpha value is -1.93. The fraction of sp³-hybridized carbons (Fsp3) is 0.333. The first-order valence-electron chi connectivity index (χ1n) is 5.90. The van der Waals surface area contributed by atoms with Crippen LogP contribution in [0.1, 0.15) is 25.5 Å². The molecule has 7 nitrogen and oxygen atoms in total. The molecule has 3 N–H and O–H groups in total. The molecule has 2 heterocycles. The molecule has 0 radical (unpaired) electrons. The van der Waals surface area contributed by atoms with Gasteiger partial charge in [0.25, 0.3) is 6.47 Å². The molecule has 20 heavy (non-hydrogen) atoms. The van der Waals surface area contributed by atoms with Gasteiger partial charge < -0.3 is 9.51 Å². The van der Waals surface area contributed by atoms with Gasteiger partial charge in [-0.15, -0.1) is 0 Å². The molecule has 1 aliphatic carbocycles. The number of primary sulfonamides is 1. The number of pyridine rings is 1. The first-order valence-corrected chi connectivity index (χ1v) is 7.44. The summed E-state index contributed by atoms with van der Waals surface area (Å²) in [4.78, 5) is 12.8. The third-order valence-corrected chi connectivity index (χ3v) is 4.30. The molecule has 0 saturated heterocycles. The molecule has 8 heteroatoms. The fourth-order valence-electron chi connectivity index (χ4n) is 2.04. The third kappa shape index (κ3) is 2.66. The van der Waals surface area contributed by atoms with Crippen molar-refractivity contribution < 1.29 is 18.3 Å². The summed E-state index contributed by atoms with van der Waals surface area (Å²) in [5.41, 5.74) is 2.16. The van der Waals surface area contributed by atoms with E-state index in [0.717, 1.165) is 24.1 Å². The lowest BCUT2D eigenvalue weighted by Crippen LogP contribution is -2.12. The van der Waals surface area contributed by atoms with Gasteiger partial charge in [-0.1, -0.05) is 6.92 Å². The summed E-state index contributed by atoms with van der Waals surface area (Å²) in [6.07, 6.45) is 5.42. The zero-order chi connectivity index (χ0) is 15.0. The van der Waals surface area contributed by atoms with Crippen LogP contribution in [0.25, 0.3) is 5.52 Å². The van der Waals surface area contributed by atoms with E-state index in [-0.39, 0.29) is 16.8 Å². The van der Waals surface area contributed by atoms with E-state index in [0.29, 0.717) is 0 Å². The Bertz CT molecular complexity index is 747. The minimum Gasteiger partial charge on any atom is -0.483 e. The molecule has 108 valence electrons. The molecular weight excluding hydrogens is 282 g/mol. The van der Waals surface area contributed by atoms with Gasteiger partial charge in [0.05, 0.1) is 22.4 Å². The quantitative estimate of drug-likeness (QED) is 0.793. The fourth-order valence-corrected chi connectivity index (χ4v) is 2.56. The molecule has 1 saturated carbocycles. The molecule has 3 rings (SSSR count). The van der Waals surface area contributed by atoms with Crippen molar-refractivity contribution >= 4 is 22.0 Å². The summed E-state index contributed by atoms with van der Waals surface area (Å²) >= 11 is 0. The molecule has 1 fully saturated rings. The summed E-state index contributed by atoms with van der Waals surface area (Å²) in [5, 5.41) is 12.0. The maximum Gasteiger partial charge on any atom is 0.290 e. The van der Waals surface area contributed by atoms with E-state index in [4.69, 9.17) is 15.0 Å². The molecule has 0 aromatic carbocycles. The zero-order valence-electron chi connectivity index (χ0n) is 10.9. The highest BCUT2D eigenvalue weighted by Gasteiger charge is 2.42. The van der Waals surface area contributed by atoms with Crippen LogP contribution in [0.4, 0.5) is 0 Å². The van der Waals surface area contributed by atoms with Gasteiger partial charge in [-0.05, 0) is 25.0 Å². The molecule has 1 aliphatic rings. The highest BCUT2D eigenvalue weighted by Crippen LogP contribution is 2.48. The highest BCUT2D eigenvalue weighted by atomic mass is 32.2. The number of hydrogen-bond donors (Lipinski definition) is 2. The smallest absolute Gasteiger partial charge is 0.290 e. The second-order valence-electron chi connectivity index (χ2n) is 4.96. The summed E-state index contributed by atoms with van der Waals surface area (Å²) in [6, 6.07) is 3.30. The van der Waals surface area contributed by atoms with Gasteiger partial charge in [-0.3, -0.25) is 4.79 Å². The Kier molecular flexibility index (Phi) is 3.53. The maximum absolute atomic E-state index is 11.2. The lowest BCUT2D eigenvalue weighted by atomic mass is 10.0. The van der Waals surface area contributed by atoms with Gasteiger partial charge in [-0.25, -0.2) is 18.5 Å². The molecule has 0 bridgehead atoms. The van der Waals surface area contributed by atoms with E-state index in [1.165, 1.54) is 12.3 Å². The molecule has 0 unspecified atom stereocenters. The number of carbonyl (C=O) groups is 1. The number of aromatic nitrogens is 2. The van der Waals surface area contributed by atoms with Crippen molar-refractivity contribution in [1.82, 2.24) is 9.38 Å². The predicted octanol–water partition coefficient (Wildman–Crippen LogP) is 0.734. The third-order valence-electron chi connectivity index (χ3n) is 3.40. The molecule has 0 atom stereocenters. The minimum absolute atomic E-state index is 0.106. The average Bonchev–Trinajstić information content (AvgIpc) is 2.96. The number of rotatable bonds is 2. The molecule has 2 aromatic rings. The van der Waals surface area contributed by atoms with Crippen molar-refractivity contribution in [2.75, 3.05) is 0 Å². The molecule has 0 aliphatic heterocycles. The number of imidazole rings is 1. The van der Waals surface area contributed by atoms with E-state index in [2.05, 4.69) is 11.9 Å². The van der Waals surface area contributed by atoms with E-state index in [1.54, 1.807) is 16.8 Å². The summed E-state index contributed by atoms with van der Waals surface area (Å²) in [7, 11) is -3.65. The Morgan fingerprint density at radius 3 is 2.55 bits per heavy atom. The van der Waals surface area contributed by atoms with Crippen LogP contribution in [0.5, 0.6) is 0 Å². The van der Waals surface area contributed by atoms with E-state index in [1.807, 2.05) is 0 Å². The molecule has 2 aromatic heterocycles. The summed E-state index contributed by atoms with van der Waals surface area (Å²) < 4.78 is 24.2. The lowest BCUT2D eigenvalue weighted by Gasteiger charge is -2.05. The number of nitrogens with zero attached hydrogens (tertiary/aromatic N) is 2. The van der Waals surface area contributed by atoms with Crippen LogP contribution in [0.15, 0.2) is 29.6 Å². The minimum atomic E-state index is -3.65.